The van der Waals surface area contributed by atoms with Crippen LogP contribution >= 0.6 is 33.0 Å². The van der Waals surface area contributed by atoms with Crippen molar-refractivity contribution in [3.05, 3.63) is 62.5 Å². The summed E-state index contributed by atoms with van der Waals surface area (Å²) in [5, 5.41) is 0. The number of nitrogens with one attached hydrogen (secondary N) is 1. The number of rotatable bonds is 0. The zero-order valence-electron chi connectivity index (χ0n) is 16.4. The zero-order chi connectivity index (χ0) is 20.5. The van der Waals surface area contributed by atoms with Crippen molar-refractivity contribution < 1.29 is 25.6 Å². The van der Waals surface area contributed by atoms with Crippen LogP contribution in [0, 0.1) is 6.08 Å². The summed E-state index contributed by atoms with van der Waals surface area (Å²) in [5.74, 6) is 1.02. The van der Waals surface area contributed by atoms with E-state index in [1.54, 1.807) is 0 Å². The van der Waals surface area contributed by atoms with Crippen molar-refractivity contribution >= 4 is 42.5 Å². The molecule has 1 aromatic rings. The molecule has 0 fully saturated rings. The van der Waals surface area contributed by atoms with Crippen molar-refractivity contribution in [1.82, 2.24) is 0 Å². The van der Waals surface area contributed by atoms with Gasteiger partial charge in [0.25, 0.3) is 0 Å². The van der Waals surface area contributed by atoms with E-state index >= 15 is 0 Å². The number of halogens is 3. The molecule has 0 amide bonds. The van der Waals surface area contributed by atoms with E-state index in [1.165, 1.54) is 16.7 Å². The summed E-state index contributed by atoms with van der Waals surface area (Å²) in [6, 6.07) is 6.25. The van der Waals surface area contributed by atoms with Crippen LogP contribution < -0.4 is 0 Å². The summed E-state index contributed by atoms with van der Waals surface area (Å²) in [6.45, 7) is 14.0. The number of hydrogen-bond acceptors (Lipinski definition) is 1. The Balaban J connectivity index is 0.000000477. The second kappa shape index (κ2) is 13.0. The average Bonchev–Trinajstić information content (AvgIpc) is 2.96. The van der Waals surface area contributed by atoms with Gasteiger partial charge in [0.2, 0.25) is 0 Å². The van der Waals surface area contributed by atoms with Gasteiger partial charge in [0.15, 0.2) is 0 Å². The number of allylic oxidation sites excluding steroid dienone is 1. The Bertz CT molecular complexity index is 637. The topological polar surface area (TPSA) is 33.0 Å². The summed E-state index contributed by atoms with van der Waals surface area (Å²) in [4.78, 5) is 0. The van der Waals surface area contributed by atoms with E-state index in [0.29, 0.717) is 0 Å². The van der Waals surface area contributed by atoms with Crippen molar-refractivity contribution in [2.24, 2.45) is 0 Å². The fourth-order valence-electron chi connectivity index (χ4n) is 2.10. The van der Waals surface area contributed by atoms with E-state index in [4.69, 9.17) is 27.5 Å². The summed E-state index contributed by atoms with van der Waals surface area (Å²) >= 11 is 2.64. The third kappa shape index (κ3) is 9.71. The summed E-state index contributed by atoms with van der Waals surface area (Å²) in [6.07, 6.45) is 3.51. The molecule has 0 bridgehead atoms. The first-order valence-electron chi connectivity index (χ1n) is 8.07. The molecule has 0 spiro atoms. The maximum absolute atomic E-state index is 6.94. The van der Waals surface area contributed by atoms with Crippen LogP contribution in [0.5, 0.6) is 0 Å². The van der Waals surface area contributed by atoms with E-state index in [0.717, 1.165) is 25.3 Å². The number of ether oxygens (including phenoxy) is 1. The van der Waals surface area contributed by atoms with Crippen LogP contribution in [0.2, 0.25) is 13.1 Å². The van der Waals surface area contributed by atoms with Gasteiger partial charge < -0.3 is 10.5 Å². The Morgan fingerprint density at radius 1 is 1.23 bits per heavy atom. The maximum atomic E-state index is 6.94. The molecule has 1 aliphatic heterocycles. The second-order valence-corrected chi connectivity index (χ2v) is 12.4. The van der Waals surface area contributed by atoms with Crippen molar-refractivity contribution in [2.75, 3.05) is 0 Å². The standard InChI is InChI=1S/C13H10BrO.C4H10N.C2H6Si.2ClH.Zr/c1-7-8(2)15-13-11-4-3-10(14)5-9(11)6-12(7)13;1-4(2,3)5;1-3-2;;;/h3-5,13H,1-2H3;5H,1-3H3;1-2H3;2*1H;/q2*-1;;;;+4/p-2. The van der Waals surface area contributed by atoms with Gasteiger partial charge in [-0.25, -0.2) is 0 Å². The Hall–Kier alpha value is 0.620. The van der Waals surface area contributed by atoms with Crippen molar-refractivity contribution in [1.29, 1.82) is 0 Å². The fourth-order valence-corrected chi connectivity index (χ4v) is 2.46. The SMILES string of the molecule is CC(C)(C)[NH-].CC1=C(C)C2=[C-]c3cc(Br)ccc3C2O1.C[Si]C.[Cl][Zr+2][Cl]. The van der Waals surface area contributed by atoms with Gasteiger partial charge in [-0.2, -0.15) is 0 Å². The molecule has 1 atom stereocenters. The molecule has 0 saturated heterocycles. The van der Waals surface area contributed by atoms with Crippen LogP contribution in [-0.4, -0.2) is 15.1 Å². The van der Waals surface area contributed by atoms with E-state index in [1.807, 2.05) is 27.7 Å². The molecule has 26 heavy (non-hydrogen) atoms. The third-order valence-electron chi connectivity index (χ3n) is 3.06. The van der Waals surface area contributed by atoms with Gasteiger partial charge in [0.1, 0.15) is 0 Å². The number of hydrogen-bond donors (Lipinski definition) is 0. The molecule has 1 heterocycles. The van der Waals surface area contributed by atoms with Crippen LogP contribution in [0.15, 0.2) is 39.6 Å². The molecule has 2 aliphatic rings. The molecule has 1 N–H and O–H groups in total. The Kier molecular flexibility index (Phi) is 13.3. The van der Waals surface area contributed by atoms with Crippen molar-refractivity contribution in [2.45, 2.75) is 59.4 Å². The van der Waals surface area contributed by atoms with Crippen molar-refractivity contribution in [3.63, 3.8) is 0 Å². The van der Waals surface area contributed by atoms with Gasteiger partial charge >= 0.3 is 37.9 Å². The van der Waals surface area contributed by atoms with Crippen LogP contribution in [0.4, 0.5) is 0 Å². The summed E-state index contributed by atoms with van der Waals surface area (Å²) in [5.41, 5.74) is 11.5. The molecule has 3 rings (SSSR count). The van der Waals surface area contributed by atoms with Gasteiger partial charge in [0, 0.05) is 9.52 Å². The first kappa shape index (κ1) is 26.6. The quantitative estimate of drug-likeness (QED) is 0.237. The molecule has 2 radical (unpaired) electrons. The van der Waals surface area contributed by atoms with Crippen LogP contribution in [-0.2, 0) is 25.6 Å². The summed E-state index contributed by atoms with van der Waals surface area (Å²) < 4.78 is 6.92. The van der Waals surface area contributed by atoms with Gasteiger partial charge in [-0.15, -0.1) is 23.2 Å². The molecule has 7 heteroatoms. The van der Waals surface area contributed by atoms with Gasteiger partial charge in [0.05, 0.1) is 11.9 Å². The molecule has 2 nitrogen and oxygen atoms in total. The summed E-state index contributed by atoms with van der Waals surface area (Å²) in [7, 11) is 11.0. The van der Waals surface area contributed by atoms with Crippen LogP contribution in [0.25, 0.3) is 5.73 Å². The minimum absolute atomic E-state index is 0.0908. The van der Waals surface area contributed by atoms with E-state index < -0.39 is 20.8 Å². The van der Waals surface area contributed by atoms with Crippen molar-refractivity contribution in [3.8, 4) is 0 Å². The van der Waals surface area contributed by atoms with E-state index in [2.05, 4.69) is 60.2 Å². The Labute approximate surface area is 188 Å². The first-order chi connectivity index (χ1) is 12.0. The van der Waals surface area contributed by atoms with Gasteiger partial charge in [-0.1, -0.05) is 85.6 Å². The fraction of sp³-hybridized carbons (Fsp3) is 0.474. The van der Waals surface area contributed by atoms with E-state index in [-0.39, 0.29) is 11.6 Å². The Morgan fingerprint density at radius 2 is 1.69 bits per heavy atom. The monoisotopic (exact) mass is 551 g/mol. The zero-order valence-corrected chi connectivity index (χ0v) is 22.9. The number of fused-ring (bicyclic) bond motifs is 3. The molecule has 1 aromatic carbocycles. The first-order valence-corrected chi connectivity index (χ1v) is 17.2. The molecule has 1 unspecified atom stereocenters. The second-order valence-electron chi connectivity index (χ2n) is 6.77. The normalized spacial score (nSPS) is 16.3. The average molecular weight is 555 g/mol. The van der Waals surface area contributed by atoms with E-state index in [9.17, 15) is 0 Å². The molecule has 142 valence electrons. The minimum atomic E-state index is -0.826. The Morgan fingerprint density at radius 3 is 2.15 bits per heavy atom. The third-order valence-corrected chi connectivity index (χ3v) is 3.55. The molecule has 0 aromatic heterocycles. The molecular formula is C19H26BrCl2NOSiZr. The van der Waals surface area contributed by atoms with Crippen LogP contribution in [0.3, 0.4) is 0 Å². The number of benzene rings is 1. The molecule has 1 aliphatic carbocycles. The predicted molar refractivity (Wildman–Crippen MR) is 115 cm³/mol. The van der Waals surface area contributed by atoms with Gasteiger partial charge in [-0.3, -0.25) is 0 Å². The predicted octanol–water partition coefficient (Wildman–Crippen LogP) is 7.91. The van der Waals surface area contributed by atoms with Gasteiger partial charge in [-0.05, 0) is 11.4 Å². The molecular weight excluding hydrogens is 528 g/mol. The van der Waals surface area contributed by atoms with Crippen LogP contribution in [0.1, 0.15) is 51.8 Å². The molecule has 0 saturated carbocycles.